The molecule has 13 heteroatoms. The van der Waals surface area contributed by atoms with Gasteiger partial charge in [-0.1, -0.05) is 36.4 Å². The number of benzene rings is 2. The third-order valence-corrected chi connectivity index (χ3v) is 11.8. The van der Waals surface area contributed by atoms with E-state index in [1.54, 1.807) is 60.0 Å². The molecule has 0 aliphatic heterocycles. The maximum atomic E-state index is 12.9. The number of H-pyrrole nitrogens is 1. The highest BCUT2D eigenvalue weighted by Gasteiger charge is 2.21. The molecule has 240 valence electrons. The largest absolute Gasteiger partial charge is 0.353 e. The fourth-order valence-corrected chi connectivity index (χ4v) is 8.59. The molecule has 8 nitrogen and oxygen atoms in total. The quantitative estimate of drug-likeness (QED) is 0.163. The number of rotatable bonds is 9. The van der Waals surface area contributed by atoms with Gasteiger partial charge in [-0.3, -0.25) is 0 Å². The van der Waals surface area contributed by atoms with Gasteiger partial charge in [-0.05, 0) is 99.3 Å². The van der Waals surface area contributed by atoms with Crippen molar-refractivity contribution in [2.24, 2.45) is 0 Å². The molecule has 0 spiro atoms. The summed E-state index contributed by atoms with van der Waals surface area (Å²) in [5, 5.41) is 6.51. The lowest BCUT2D eigenvalue weighted by Gasteiger charge is -2.08. The Labute approximate surface area is 278 Å². The van der Waals surface area contributed by atoms with Gasteiger partial charge in [0, 0.05) is 46.9 Å². The van der Waals surface area contributed by atoms with Gasteiger partial charge in [-0.2, -0.15) is 0 Å². The van der Waals surface area contributed by atoms with Crippen LogP contribution in [0.2, 0.25) is 0 Å². The number of thiophene rings is 2. The van der Waals surface area contributed by atoms with Crippen molar-refractivity contribution in [2.45, 2.75) is 22.6 Å². The first-order valence-electron chi connectivity index (χ1n) is 14.1. The summed E-state index contributed by atoms with van der Waals surface area (Å²) in [6.45, 7) is 2.00. The van der Waals surface area contributed by atoms with Crippen molar-refractivity contribution < 1.29 is 16.8 Å². The Morgan fingerprint density at radius 1 is 0.711 bits per heavy atom. The smallest absolute Gasteiger partial charge is 0.268 e. The van der Waals surface area contributed by atoms with Crippen LogP contribution in [0.4, 0.5) is 0 Å². The lowest BCUT2D eigenvalue weighted by molar-refractivity contribution is 0.414. The molecule has 0 bridgehead atoms. The van der Waals surface area contributed by atoms with E-state index in [1.807, 2.05) is 31.6 Å². The number of likely N-dealkylation sites (N-methyl/N-ethyl adjacent to an activating group) is 2. The first-order chi connectivity index (χ1) is 21.4. The first kappa shape index (κ1) is 34.9. The molecular formula is C32H37ClN4O4S4. The second-order valence-corrected chi connectivity index (χ2v) is 16.9. The molecule has 4 aromatic heterocycles. The number of hydrogen-bond acceptors (Lipinski definition) is 8. The van der Waals surface area contributed by atoms with Crippen molar-refractivity contribution >= 4 is 72.9 Å². The van der Waals surface area contributed by atoms with Crippen LogP contribution in [-0.4, -0.2) is 76.9 Å². The van der Waals surface area contributed by atoms with Gasteiger partial charge in [0.05, 0.1) is 14.6 Å². The molecule has 0 saturated carbocycles. The summed E-state index contributed by atoms with van der Waals surface area (Å²) >= 11 is 3.23. The number of aromatic amines is 1. The molecule has 0 saturated heterocycles. The summed E-state index contributed by atoms with van der Waals surface area (Å²) in [6.07, 6.45) is 5.86. The standard InChI is InChI=1S/C16H18N2O2S2.C10H14N2S.C6H5ClO2S/c1-17(2)10-8-13-12-18(16-15(13)9-11-21-16)22(19,20)14-6-4-3-5-7-14;1-12(2)5-3-8-7-11-10-9(8)4-6-13-10;7-10(8,9)6-4-2-1-3-5-6/h3-7,9,11-12H,8,10H2,1-2H3;4,6-7,11H,3,5H2,1-2H3;1-5H. The van der Waals surface area contributed by atoms with Crippen molar-refractivity contribution in [1.82, 2.24) is 18.8 Å². The molecule has 2 aromatic carbocycles. The van der Waals surface area contributed by atoms with Gasteiger partial charge in [0.25, 0.3) is 19.1 Å². The summed E-state index contributed by atoms with van der Waals surface area (Å²) < 4.78 is 48.3. The van der Waals surface area contributed by atoms with E-state index >= 15 is 0 Å². The van der Waals surface area contributed by atoms with Gasteiger partial charge in [-0.25, -0.2) is 20.8 Å². The minimum atomic E-state index is -3.54. The van der Waals surface area contributed by atoms with Crippen LogP contribution in [0.5, 0.6) is 0 Å². The molecule has 1 N–H and O–H groups in total. The van der Waals surface area contributed by atoms with Crippen LogP contribution in [0.15, 0.2) is 106 Å². The average molecular weight is 705 g/mol. The molecule has 6 aromatic rings. The van der Waals surface area contributed by atoms with Gasteiger partial charge >= 0.3 is 0 Å². The predicted molar refractivity (Wildman–Crippen MR) is 189 cm³/mol. The van der Waals surface area contributed by atoms with Crippen LogP contribution in [0, 0.1) is 0 Å². The Morgan fingerprint density at radius 3 is 1.80 bits per heavy atom. The van der Waals surface area contributed by atoms with Crippen LogP contribution < -0.4 is 0 Å². The minimum Gasteiger partial charge on any atom is -0.353 e. The molecule has 6 rings (SSSR count). The Kier molecular flexibility index (Phi) is 12.1. The van der Waals surface area contributed by atoms with Crippen molar-refractivity contribution in [2.75, 3.05) is 41.3 Å². The van der Waals surface area contributed by atoms with Crippen molar-refractivity contribution in [3.05, 3.63) is 107 Å². The summed E-state index contributed by atoms with van der Waals surface area (Å²) in [7, 11) is 6.21. The fraction of sp³-hybridized carbons (Fsp3) is 0.250. The summed E-state index contributed by atoms with van der Waals surface area (Å²) in [6, 6.07) is 20.6. The summed E-state index contributed by atoms with van der Waals surface area (Å²) in [4.78, 5) is 10.1. The maximum Gasteiger partial charge on any atom is 0.268 e. The van der Waals surface area contributed by atoms with Crippen LogP contribution in [-0.2, 0) is 31.9 Å². The molecule has 0 atom stereocenters. The summed E-state index contributed by atoms with van der Waals surface area (Å²) in [5.41, 5.74) is 2.51. The third-order valence-electron chi connectivity index (χ3n) is 6.83. The molecular weight excluding hydrogens is 668 g/mol. The molecule has 0 aliphatic rings. The molecule has 45 heavy (non-hydrogen) atoms. The molecule has 0 radical (unpaired) electrons. The number of nitrogens with one attached hydrogen (secondary N) is 1. The van der Waals surface area contributed by atoms with E-state index in [-0.39, 0.29) is 4.90 Å². The second-order valence-electron chi connectivity index (χ2n) is 10.7. The minimum absolute atomic E-state index is 0.136. The highest BCUT2D eigenvalue weighted by molar-refractivity contribution is 8.13. The van der Waals surface area contributed by atoms with Crippen molar-refractivity contribution in [1.29, 1.82) is 0 Å². The van der Waals surface area contributed by atoms with Gasteiger partial charge in [0.15, 0.2) is 0 Å². The van der Waals surface area contributed by atoms with E-state index in [1.165, 1.54) is 43.2 Å². The van der Waals surface area contributed by atoms with Gasteiger partial charge < -0.3 is 14.8 Å². The monoisotopic (exact) mass is 704 g/mol. The van der Waals surface area contributed by atoms with Crippen molar-refractivity contribution in [3.8, 4) is 0 Å². The third kappa shape index (κ3) is 9.29. The van der Waals surface area contributed by atoms with E-state index in [9.17, 15) is 16.8 Å². The van der Waals surface area contributed by atoms with Crippen LogP contribution >= 0.6 is 33.4 Å². The van der Waals surface area contributed by atoms with Crippen LogP contribution in [0.3, 0.4) is 0 Å². The Balaban J connectivity index is 0.000000170. The lowest BCUT2D eigenvalue weighted by Crippen LogP contribution is -2.15. The van der Waals surface area contributed by atoms with Crippen LogP contribution in [0.25, 0.3) is 20.4 Å². The molecule has 0 aliphatic carbocycles. The number of hydrogen-bond donors (Lipinski definition) is 1. The number of nitrogens with zero attached hydrogens (tertiary/aromatic N) is 3. The number of fused-ring (bicyclic) bond motifs is 2. The zero-order valence-electron chi connectivity index (χ0n) is 25.6. The zero-order chi connectivity index (χ0) is 32.6. The SMILES string of the molecule is CN(C)CCc1c[nH]c2sccc12.CN(C)CCc1cn(S(=O)(=O)c2ccccc2)c2sccc12.O=S(=O)(Cl)c1ccccc1. The second kappa shape index (κ2) is 15.5. The van der Waals surface area contributed by atoms with Gasteiger partial charge in [0.2, 0.25) is 0 Å². The van der Waals surface area contributed by atoms with E-state index in [0.717, 1.165) is 41.7 Å². The molecule has 4 heterocycles. The Morgan fingerprint density at radius 2 is 1.24 bits per heavy atom. The van der Waals surface area contributed by atoms with E-state index in [0.29, 0.717) is 4.90 Å². The number of halogens is 1. The van der Waals surface area contributed by atoms with Gasteiger partial charge in [-0.15, -0.1) is 22.7 Å². The van der Waals surface area contributed by atoms with Crippen LogP contribution in [0.1, 0.15) is 11.1 Å². The lowest BCUT2D eigenvalue weighted by atomic mass is 10.2. The first-order valence-corrected chi connectivity index (χ1v) is 19.6. The topological polar surface area (TPSA) is 95.5 Å². The number of aromatic nitrogens is 2. The predicted octanol–water partition coefficient (Wildman–Crippen LogP) is 6.99. The van der Waals surface area contributed by atoms with Crippen molar-refractivity contribution in [3.63, 3.8) is 0 Å². The zero-order valence-corrected chi connectivity index (χ0v) is 29.6. The molecule has 0 fully saturated rings. The molecule has 0 amide bonds. The van der Waals surface area contributed by atoms with E-state index < -0.39 is 19.1 Å². The molecule has 0 unspecified atom stereocenters. The Hall–Kier alpha value is -2.97. The fourth-order valence-electron chi connectivity index (χ4n) is 4.45. The average Bonchev–Trinajstić information content (AvgIpc) is 3.80. The summed E-state index contributed by atoms with van der Waals surface area (Å²) in [5.74, 6) is 0. The highest BCUT2D eigenvalue weighted by atomic mass is 35.7. The Bertz CT molecular complexity index is 2010. The van der Waals surface area contributed by atoms with E-state index in [4.69, 9.17) is 10.7 Å². The maximum absolute atomic E-state index is 12.9. The van der Waals surface area contributed by atoms with E-state index in [2.05, 4.69) is 46.5 Å². The normalized spacial score (nSPS) is 11.9. The van der Waals surface area contributed by atoms with Gasteiger partial charge in [0.1, 0.15) is 4.83 Å². The highest BCUT2D eigenvalue weighted by Crippen LogP contribution is 2.30.